The summed E-state index contributed by atoms with van der Waals surface area (Å²) in [6.45, 7) is 8.42. The summed E-state index contributed by atoms with van der Waals surface area (Å²) in [5.41, 5.74) is -1.76. The molecular formula is C20H30O5. The van der Waals surface area contributed by atoms with Crippen molar-refractivity contribution in [2.24, 2.45) is 29.1 Å². The number of hydrogen-bond donors (Lipinski definition) is 3. The number of aliphatic hydroxyl groups is 3. The minimum Gasteiger partial charge on any atom is -0.392 e. The number of fused-ring (bicyclic) bond motifs is 2. The number of allylic oxidation sites excluding steroid dienone is 1. The monoisotopic (exact) mass is 350 g/mol. The van der Waals surface area contributed by atoms with Crippen LogP contribution in [0.4, 0.5) is 0 Å². The summed E-state index contributed by atoms with van der Waals surface area (Å²) in [7, 11) is 0. The van der Waals surface area contributed by atoms with E-state index in [4.69, 9.17) is 4.74 Å². The third kappa shape index (κ3) is 2.32. The minimum atomic E-state index is -1.73. The van der Waals surface area contributed by atoms with Gasteiger partial charge < -0.3 is 20.1 Å². The van der Waals surface area contributed by atoms with Gasteiger partial charge in [-0.3, -0.25) is 4.79 Å². The Morgan fingerprint density at radius 2 is 1.92 bits per heavy atom. The molecule has 3 aliphatic carbocycles. The fraction of sp³-hybridized carbons (Fsp3) is 0.850. The van der Waals surface area contributed by atoms with Gasteiger partial charge in [0.25, 0.3) is 0 Å². The van der Waals surface area contributed by atoms with Crippen LogP contribution >= 0.6 is 0 Å². The molecule has 0 aromatic rings. The van der Waals surface area contributed by atoms with Crippen molar-refractivity contribution in [1.29, 1.82) is 0 Å². The second-order valence-corrected chi connectivity index (χ2v) is 9.59. The van der Waals surface area contributed by atoms with Crippen LogP contribution in [0.25, 0.3) is 0 Å². The highest BCUT2D eigenvalue weighted by Crippen LogP contribution is 2.63. The number of aliphatic hydroxyl groups excluding tert-OH is 2. The van der Waals surface area contributed by atoms with E-state index in [1.807, 2.05) is 13.0 Å². The van der Waals surface area contributed by atoms with Crippen molar-refractivity contribution >= 4 is 5.78 Å². The first kappa shape index (κ1) is 17.7. The van der Waals surface area contributed by atoms with Gasteiger partial charge in [-0.25, -0.2) is 0 Å². The maximum atomic E-state index is 13.1. The molecule has 2 saturated carbocycles. The van der Waals surface area contributed by atoms with Crippen molar-refractivity contribution in [2.45, 2.75) is 70.4 Å². The van der Waals surface area contributed by atoms with Crippen LogP contribution in [0, 0.1) is 29.1 Å². The molecule has 5 heteroatoms. The normalized spacial score (nSPS) is 56.4. The summed E-state index contributed by atoms with van der Waals surface area (Å²) in [5.74, 6) is -0.721. The Morgan fingerprint density at radius 3 is 2.52 bits per heavy atom. The number of epoxide rings is 1. The Bertz CT molecular complexity index is 634. The number of ketones is 1. The summed E-state index contributed by atoms with van der Waals surface area (Å²) in [6.07, 6.45) is 1.86. The molecule has 0 aromatic heterocycles. The molecule has 0 bridgehead atoms. The van der Waals surface area contributed by atoms with E-state index in [1.165, 1.54) is 0 Å². The molecule has 25 heavy (non-hydrogen) atoms. The van der Waals surface area contributed by atoms with E-state index in [1.54, 1.807) is 6.92 Å². The molecule has 140 valence electrons. The van der Waals surface area contributed by atoms with E-state index < -0.39 is 29.3 Å². The summed E-state index contributed by atoms with van der Waals surface area (Å²) in [6, 6.07) is 0. The standard InChI is InChI=1S/C20H30O5/c1-10-7-13-12(18(13,3)4)5-6-19(9-25-19)17(23)14-15(21)11(2)8-20(14,24)16(10)22/h7,11-15,17,21,23-24H,5-6,8-9H2,1-4H3/b10-7-. The fourth-order valence-electron chi connectivity index (χ4n) is 5.71. The van der Waals surface area contributed by atoms with Gasteiger partial charge in [-0.1, -0.05) is 26.8 Å². The Kier molecular flexibility index (Phi) is 3.64. The molecule has 3 fully saturated rings. The largest absolute Gasteiger partial charge is 0.392 e. The van der Waals surface area contributed by atoms with E-state index in [0.717, 1.165) is 6.42 Å². The summed E-state index contributed by atoms with van der Waals surface area (Å²) >= 11 is 0. The lowest BCUT2D eigenvalue weighted by Crippen LogP contribution is -2.54. The number of hydrogen-bond acceptors (Lipinski definition) is 5. The molecule has 3 N–H and O–H groups in total. The van der Waals surface area contributed by atoms with E-state index >= 15 is 0 Å². The van der Waals surface area contributed by atoms with E-state index in [2.05, 4.69) is 13.8 Å². The van der Waals surface area contributed by atoms with Crippen LogP contribution < -0.4 is 0 Å². The first-order valence-electron chi connectivity index (χ1n) is 9.50. The number of rotatable bonds is 0. The minimum absolute atomic E-state index is 0.131. The molecular weight excluding hydrogens is 320 g/mol. The third-order valence-corrected chi connectivity index (χ3v) is 7.73. The second-order valence-electron chi connectivity index (χ2n) is 9.59. The molecule has 4 aliphatic rings. The van der Waals surface area contributed by atoms with Gasteiger partial charge in [0.15, 0.2) is 5.78 Å². The van der Waals surface area contributed by atoms with Gasteiger partial charge in [0.2, 0.25) is 0 Å². The molecule has 1 spiro atoms. The molecule has 0 radical (unpaired) electrons. The Morgan fingerprint density at radius 1 is 1.28 bits per heavy atom. The zero-order chi connectivity index (χ0) is 18.4. The van der Waals surface area contributed by atoms with E-state index in [9.17, 15) is 20.1 Å². The van der Waals surface area contributed by atoms with Gasteiger partial charge >= 0.3 is 0 Å². The average molecular weight is 350 g/mol. The smallest absolute Gasteiger partial charge is 0.190 e. The molecule has 1 saturated heterocycles. The lowest BCUT2D eigenvalue weighted by atomic mass is 9.75. The topological polar surface area (TPSA) is 90.3 Å². The van der Waals surface area contributed by atoms with Gasteiger partial charge in [-0.2, -0.15) is 0 Å². The molecule has 0 amide bonds. The highest BCUT2D eigenvalue weighted by molar-refractivity contribution is 6.02. The third-order valence-electron chi connectivity index (χ3n) is 7.73. The summed E-state index contributed by atoms with van der Waals surface area (Å²) in [4.78, 5) is 13.1. The van der Waals surface area contributed by atoms with Gasteiger partial charge in [0, 0.05) is 0 Å². The predicted molar refractivity (Wildman–Crippen MR) is 91.7 cm³/mol. The zero-order valence-corrected chi connectivity index (χ0v) is 15.5. The van der Waals surface area contributed by atoms with Crippen molar-refractivity contribution in [3.8, 4) is 0 Å². The van der Waals surface area contributed by atoms with Crippen LogP contribution in [0.1, 0.15) is 47.0 Å². The number of carbonyl (C=O) groups excluding carboxylic acids is 1. The first-order chi connectivity index (χ1) is 11.5. The molecule has 8 unspecified atom stereocenters. The molecule has 8 atom stereocenters. The number of Topliss-reactive ketones (excluding diaryl/α,β-unsaturated/α-hetero) is 1. The number of ether oxygens (including phenoxy) is 1. The predicted octanol–water partition coefficient (Wildman–Crippen LogP) is 1.45. The highest BCUT2D eigenvalue weighted by Gasteiger charge is 2.66. The lowest BCUT2D eigenvalue weighted by molar-refractivity contribution is -0.150. The molecule has 4 rings (SSSR count). The quantitative estimate of drug-likeness (QED) is 0.575. The van der Waals surface area contributed by atoms with E-state index in [0.29, 0.717) is 30.4 Å². The van der Waals surface area contributed by atoms with Crippen molar-refractivity contribution in [3.63, 3.8) is 0 Å². The summed E-state index contributed by atoms with van der Waals surface area (Å²) < 4.78 is 5.66. The van der Waals surface area contributed by atoms with Gasteiger partial charge in [-0.15, -0.1) is 0 Å². The van der Waals surface area contributed by atoms with E-state index in [-0.39, 0.29) is 23.5 Å². The molecule has 1 heterocycles. The van der Waals surface area contributed by atoms with Crippen LogP contribution in [0.15, 0.2) is 11.6 Å². The Labute approximate surface area is 149 Å². The lowest BCUT2D eigenvalue weighted by Gasteiger charge is -2.36. The molecule has 0 aromatic carbocycles. The second kappa shape index (κ2) is 5.16. The van der Waals surface area contributed by atoms with Crippen LogP contribution in [0.5, 0.6) is 0 Å². The maximum absolute atomic E-state index is 13.1. The highest BCUT2D eigenvalue weighted by atomic mass is 16.6. The average Bonchev–Trinajstić information content (AvgIpc) is 3.39. The number of carbonyl (C=O) groups is 1. The van der Waals surface area contributed by atoms with Crippen LogP contribution in [0.3, 0.4) is 0 Å². The van der Waals surface area contributed by atoms with Crippen molar-refractivity contribution in [1.82, 2.24) is 0 Å². The van der Waals surface area contributed by atoms with Crippen LogP contribution in [-0.4, -0.2) is 51.1 Å². The Hall–Kier alpha value is -0.750. The maximum Gasteiger partial charge on any atom is 0.190 e. The Balaban J connectivity index is 1.78. The first-order valence-corrected chi connectivity index (χ1v) is 9.50. The fourth-order valence-corrected chi connectivity index (χ4v) is 5.71. The zero-order valence-electron chi connectivity index (χ0n) is 15.5. The van der Waals surface area contributed by atoms with Gasteiger partial charge in [-0.05, 0) is 54.9 Å². The van der Waals surface area contributed by atoms with Crippen molar-refractivity contribution in [3.05, 3.63) is 11.6 Å². The van der Waals surface area contributed by atoms with Crippen molar-refractivity contribution < 1.29 is 24.9 Å². The molecule has 5 nitrogen and oxygen atoms in total. The van der Waals surface area contributed by atoms with Gasteiger partial charge in [0.05, 0.1) is 24.7 Å². The summed E-state index contributed by atoms with van der Waals surface area (Å²) in [5, 5.41) is 33.0. The molecule has 1 aliphatic heterocycles. The van der Waals surface area contributed by atoms with Crippen molar-refractivity contribution in [2.75, 3.05) is 6.61 Å². The van der Waals surface area contributed by atoms with Crippen LogP contribution in [0.2, 0.25) is 0 Å². The SMILES string of the molecule is C/C1=C/C2C(CCC3(CO3)C(O)C3C(O)C(C)CC3(O)C1=O)C2(C)C. The van der Waals surface area contributed by atoms with Crippen LogP contribution in [-0.2, 0) is 9.53 Å². The van der Waals surface area contributed by atoms with Gasteiger partial charge in [0.1, 0.15) is 11.2 Å².